The molecule has 1 atom stereocenters. The minimum absolute atomic E-state index is 0.0808. The van der Waals surface area contributed by atoms with Crippen molar-refractivity contribution in [2.24, 2.45) is 5.84 Å². The summed E-state index contributed by atoms with van der Waals surface area (Å²) in [4.78, 5) is 1.32. The summed E-state index contributed by atoms with van der Waals surface area (Å²) in [6.07, 6.45) is 1.04. The molecule has 0 aliphatic carbocycles. The van der Waals surface area contributed by atoms with Crippen LogP contribution in [-0.4, -0.2) is 0 Å². The van der Waals surface area contributed by atoms with E-state index >= 15 is 0 Å². The number of hydrogen-bond donors (Lipinski definition) is 2. The standard InChI is InChI=1S/C15H16N2S2/c1-2-10-6-8-19-15(10)13(17-16)12-5-3-4-11-7-9-18-14(11)12/h3-9,13,17H,2,16H2,1H3. The Morgan fingerprint density at radius 1 is 1.16 bits per heavy atom. The Hall–Kier alpha value is -1.20. The molecule has 2 heterocycles. The summed E-state index contributed by atoms with van der Waals surface area (Å²) < 4.78 is 1.32. The molecule has 0 saturated heterocycles. The monoisotopic (exact) mass is 288 g/mol. The van der Waals surface area contributed by atoms with Crippen LogP contribution in [0.2, 0.25) is 0 Å². The van der Waals surface area contributed by atoms with Crippen LogP contribution in [-0.2, 0) is 6.42 Å². The van der Waals surface area contributed by atoms with Gasteiger partial charge in [0, 0.05) is 9.58 Å². The van der Waals surface area contributed by atoms with Gasteiger partial charge >= 0.3 is 0 Å². The van der Waals surface area contributed by atoms with Gasteiger partial charge in [-0.2, -0.15) is 0 Å². The molecule has 2 aromatic heterocycles. The highest BCUT2D eigenvalue weighted by Gasteiger charge is 2.19. The topological polar surface area (TPSA) is 38.0 Å². The van der Waals surface area contributed by atoms with E-state index in [1.54, 1.807) is 22.7 Å². The first-order chi connectivity index (χ1) is 9.35. The lowest BCUT2D eigenvalue weighted by molar-refractivity contribution is 0.646. The summed E-state index contributed by atoms with van der Waals surface area (Å²) in [5, 5.41) is 5.57. The van der Waals surface area contributed by atoms with E-state index in [2.05, 4.69) is 53.4 Å². The molecule has 0 fully saturated rings. The van der Waals surface area contributed by atoms with E-state index in [1.807, 2.05) is 0 Å². The largest absolute Gasteiger partial charge is 0.271 e. The highest BCUT2D eigenvalue weighted by Crippen LogP contribution is 2.35. The summed E-state index contributed by atoms with van der Waals surface area (Å²) in [5.41, 5.74) is 5.64. The molecule has 1 unspecified atom stereocenters. The van der Waals surface area contributed by atoms with Gasteiger partial charge in [0.2, 0.25) is 0 Å². The summed E-state index contributed by atoms with van der Waals surface area (Å²) in [5.74, 6) is 5.84. The fraction of sp³-hybridized carbons (Fsp3) is 0.200. The fourth-order valence-corrected chi connectivity index (χ4v) is 4.46. The molecule has 3 rings (SSSR count). The van der Waals surface area contributed by atoms with Crippen LogP contribution in [0, 0.1) is 0 Å². The predicted octanol–water partition coefficient (Wildman–Crippen LogP) is 4.08. The molecule has 98 valence electrons. The Labute approximate surface area is 120 Å². The maximum atomic E-state index is 5.84. The molecule has 0 aliphatic heterocycles. The number of rotatable bonds is 4. The van der Waals surface area contributed by atoms with Crippen LogP contribution in [0.3, 0.4) is 0 Å². The molecule has 0 amide bonds. The molecule has 3 N–H and O–H groups in total. The van der Waals surface area contributed by atoms with Crippen molar-refractivity contribution in [3.63, 3.8) is 0 Å². The Morgan fingerprint density at radius 2 is 2.00 bits per heavy atom. The van der Waals surface area contributed by atoms with Gasteiger partial charge in [-0.15, -0.1) is 22.7 Å². The van der Waals surface area contributed by atoms with Crippen LogP contribution in [0.1, 0.15) is 29.0 Å². The third kappa shape index (κ3) is 2.21. The summed E-state index contributed by atoms with van der Waals surface area (Å²) in [7, 11) is 0. The lowest BCUT2D eigenvalue weighted by Gasteiger charge is -2.17. The molecular weight excluding hydrogens is 272 g/mol. The van der Waals surface area contributed by atoms with Crippen LogP contribution in [0.4, 0.5) is 0 Å². The molecular formula is C15H16N2S2. The predicted molar refractivity (Wildman–Crippen MR) is 84.7 cm³/mol. The van der Waals surface area contributed by atoms with Crippen molar-refractivity contribution in [1.82, 2.24) is 5.43 Å². The van der Waals surface area contributed by atoms with Gasteiger partial charge in [0.05, 0.1) is 6.04 Å². The minimum atomic E-state index is 0.0808. The first-order valence-electron chi connectivity index (χ1n) is 6.33. The number of nitrogens with two attached hydrogens (primary N) is 1. The number of hydrazine groups is 1. The molecule has 2 nitrogen and oxygen atoms in total. The van der Waals surface area contributed by atoms with Crippen molar-refractivity contribution in [2.45, 2.75) is 19.4 Å². The van der Waals surface area contributed by atoms with Gasteiger partial charge in [-0.25, -0.2) is 5.43 Å². The average molecular weight is 288 g/mol. The van der Waals surface area contributed by atoms with Gasteiger partial charge in [-0.1, -0.05) is 25.1 Å². The summed E-state index contributed by atoms with van der Waals surface area (Å²) in [6, 6.07) is 10.9. The van der Waals surface area contributed by atoms with Gasteiger partial charge in [0.25, 0.3) is 0 Å². The normalized spacial score (nSPS) is 12.9. The van der Waals surface area contributed by atoms with Crippen molar-refractivity contribution < 1.29 is 0 Å². The number of aryl methyl sites for hydroxylation is 1. The first kappa shape index (κ1) is 12.8. The Balaban J connectivity index is 2.15. The number of fused-ring (bicyclic) bond motifs is 1. The average Bonchev–Trinajstić information content (AvgIpc) is 3.08. The summed E-state index contributed by atoms with van der Waals surface area (Å²) in [6.45, 7) is 2.19. The van der Waals surface area contributed by atoms with Gasteiger partial charge < -0.3 is 0 Å². The van der Waals surface area contributed by atoms with E-state index in [4.69, 9.17) is 5.84 Å². The van der Waals surface area contributed by atoms with Gasteiger partial charge in [0.1, 0.15) is 0 Å². The van der Waals surface area contributed by atoms with Crippen LogP contribution >= 0.6 is 22.7 Å². The van der Waals surface area contributed by atoms with E-state index in [0.29, 0.717) is 0 Å². The quantitative estimate of drug-likeness (QED) is 0.561. The maximum Gasteiger partial charge on any atom is 0.0819 e. The molecule has 0 aliphatic rings. The molecule has 0 radical (unpaired) electrons. The van der Waals surface area contributed by atoms with Crippen molar-refractivity contribution in [1.29, 1.82) is 0 Å². The van der Waals surface area contributed by atoms with Gasteiger partial charge in [0.15, 0.2) is 0 Å². The van der Waals surface area contributed by atoms with Crippen molar-refractivity contribution in [3.05, 3.63) is 57.1 Å². The lowest BCUT2D eigenvalue weighted by Crippen LogP contribution is -2.28. The molecule has 4 heteroatoms. The maximum absolute atomic E-state index is 5.84. The second kappa shape index (κ2) is 5.43. The zero-order chi connectivity index (χ0) is 13.2. The van der Waals surface area contributed by atoms with Crippen LogP contribution in [0.5, 0.6) is 0 Å². The number of benzene rings is 1. The smallest absolute Gasteiger partial charge is 0.0819 e. The lowest BCUT2D eigenvalue weighted by atomic mass is 10.0. The molecule has 0 bridgehead atoms. The Morgan fingerprint density at radius 3 is 2.79 bits per heavy atom. The van der Waals surface area contributed by atoms with E-state index in [-0.39, 0.29) is 6.04 Å². The SMILES string of the molecule is CCc1ccsc1C(NN)c1cccc2ccsc12. The van der Waals surface area contributed by atoms with Crippen LogP contribution < -0.4 is 11.3 Å². The van der Waals surface area contributed by atoms with E-state index < -0.39 is 0 Å². The molecule has 1 aromatic carbocycles. The molecule has 19 heavy (non-hydrogen) atoms. The zero-order valence-electron chi connectivity index (χ0n) is 10.7. The third-order valence-electron chi connectivity index (χ3n) is 3.41. The van der Waals surface area contributed by atoms with Crippen molar-refractivity contribution in [2.75, 3.05) is 0 Å². The van der Waals surface area contributed by atoms with Crippen LogP contribution in [0.25, 0.3) is 10.1 Å². The number of nitrogens with one attached hydrogen (secondary N) is 1. The fourth-order valence-electron chi connectivity index (χ4n) is 2.44. The van der Waals surface area contributed by atoms with E-state index in [9.17, 15) is 0 Å². The number of thiophene rings is 2. The second-order valence-electron chi connectivity index (χ2n) is 4.45. The van der Waals surface area contributed by atoms with Crippen molar-refractivity contribution >= 4 is 32.8 Å². The zero-order valence-corrected chi connectivity index (χ0v) is 12.4. The Bertz CT molecular complexity index is 684. The number of hydrogen-bond acceptors (Lipinski definition) is 4. The first-order valence-corrected chi connectivity index (χ1v) is 8.09. The van der Waals surface area contributed by atoms with E-state index in [1.165, 1.54) is 26.1 Å². The molecule has 0 saturated carbocycles. The molecule has 0 spiro atoms. The van der Waals surface area contributed by atoms with E-state index in [0.717, 1.165) is 6.42 Å². The second-order valence-corrected chi connectivity index (χ2v) is 6.31. The minimum Gasteiger partial charge on any atom is -0.271 e. The highest BCUT2D eigenvalue weighted by molar-refractivity contribution is 7.17. The summed E-state index contributed by atoms with van der Waals surface area (Å²) >= 11 is 3.55. The van der Waals surface area contributed by atoms with Gasteiger partial charge in [-0.05, 0) is 45.8 Å². The van der Waals surface area contributed by atoms with Gasteiger partial charge in [-0.3, -0.25) is 5.84 Å². The van der Waals surface area contributed by atoms with Crippen molar-refractivity contribution in [3.8, 4) is 0 Å². The highest BCUT2D eigenvalue weighted by atomic mass is 32.1. The Kier molecular flexibility index (Phi) is 3.66. The third-order valence-corrected chi connectivity index (χ3v) is 5.41. The molecule has 3 aromatic rings. The van der Waals surface area contributed by atoms with Crippen LogP contribution in [0.15, 0.2) is 41.1 Å².